The molecule has 0 radical (unpaired) electrons. The fourth-order valence-corrected chi connectivity index (χ4v) is 2.58. The molecule has 5 heteroatoms. The molecule has 1 unspecified atom stereocenters. The summed E-state index contributed by atoms with van der Waals surface area (Å²) >= 11 is 0. The van der Waals surface area contributed by atoms with Crippen LogP contribution in [-0.4, -0.2) is 29.6 Å². The van der Waals surface area contributed by atoms with Gasteiger partial charge in [-0.05, 0) is 25.3 Å². The third-order valence-electron chi connectivity index (χ3n) is 4.00. The van der Waals surface area contributed by atoms with Crippen molar-refractivity contribution in [2.45, 2.75) is 37.7 Å². The Hall–Kier alpha value is -1.88. The zero-order chi connectivity index (χ0) is 14.8. The van der Waals surface area contributed by atoms with E-state index in [1.165, 1.54) is 0 Å². The third-order valence-corrected chi connectivity index (χ3v) is 4.00. The maximum Gasteiger partial charge on any atom is 0.248 e. The summed E-state index contributed by atoms with van der Waals surface area (Å²) in [7, 11) is 0. The van der Waals surface area contributed by atoms with E-state index in [2.05, 4.69) is 5.32 Å². The van der Waals surface area contributed by atoms with Gasteiger partial charge in [0, 0.05) is 0 Å². The second kappa shape index (κ2) is 5.63. The maximum atomic E-state index is 12.4. The van der Waals surface area contributed by atoms with Crippen LogP contribution in [0.4, 0.5) is 0 Å². The molecule has 0 saturated heterocycles. The van der Waals surface area contributed by atoms with Gasteiger partial charge in [-0.25, -0.2) is 0 Å². The number of nitrogens with one attached hydrogen (secondary N) is 1. The van der Waals surface area contributed by atoms with E-state index in [0.29, 0.717) is 0 Å². The van der Waals surface area contributed by atoms with Crippen molar-refractivity contribution in [2.24, 2.45) is 5.73 Å². The quantitative estimate of drug-likeness (QED) is 0.726. The third kappa shape index (κ3) is 2.67. The van der Waals surface area contributed by atoms with Crippen molar-refractivity contribution in [3.05, 3.63) is 35.4 Å². The molecule has 1 aromatic carbocycles. The molecule has 2 amide bonds. The molecule has 0 spiro atoms. The number of carbonyl (C=O) groups is 2. The fraction of sp³-hybridized carbons (Fsp3) is 0.467. The number of benzene rings is 1. The molecule has 1 saturated carbocycles. The number of hydrogen-bond donors (Lipinski definition) is 3. The first-order valence-corrected chi connectivity index (χ1v) is 6.78. The van der Waals surface area contributed by atoms with Crippen LogP contribution in [0.15, 0.2) is 24.3 Å². The lowest BCUT2D eigenvalue weighted by molar-refractivity contribution is -0.131. The van der Waals surface area contributed by atoms with E-state index < -0.39 is 17.4 Å². The molecule has 1 fully saturated rings. The van der Waals surface area contributed by atoms with E-state index in [4.69, 9.17) is 5.73 Å². The van der Waals surface area contributed by atoms with Crippen LogP contribution in [0.2, 0.25) is 0 Å². The number of primary amides is 1. The summed E-state index contributed by atoms with van der Waals surface area (Å²) in [5.74, 6) is -0.974. The highest BCUT2D eigenvalue weighted by atomic mass is 16.3. The van der Waals surface area contributed by atoms with Crippen LogP contribution in [-0.2, 0) is 15.0 Å². The predicted octanol–water partition coefficient (Wildman–Crippen LogP) is 0.379. The lowest BCUT2D eigenvalue weighted by Crippen LogP contribution is -2.52. The summed E-state index contributed by atoms with van der Waals surface area (Å²) in [4.78, 5) is 23.2. The van der Waals surface area contributed by atoms with Gasteiger partial charge in [-0.1, -0.05) is 36.2 Å². The minimum Gasteiger partial charge on any atom is -0.381 e. The number of aryl methyl sites for hydroxylation is 1. The van der Waals surface area contributed by atoms with Crippen molar-refractivity contribution in [1.82, 2.24) is 5.32 Å². The Morgan fingerprint density at radius 2 is 2.15 bits per heavy atom. The molecule has 20 heavy (non-hydrogen) atoms. The van der Waals surface area contributed by atoms with Crippen molar-refractivity contribution in [3.63, 3.8) is 0 Å². The van der Waals surface area contributed by atoms with Gasteiger partial charge in [0.05, 0.1) is 12.0 Å². The molecule has 5 nitrogen and oxygen atoms in total. The van der Waals surface area contributed by atoms with Crippen molar-refractivity contribution >= 4 is 11.8 Å². The summed E-state index contributed by atoms with van der Waals surface area (Å²) in [6.45, 7) is 1.85. The molecule has 1 aromatic rings. The zero-order valence-corrected chi connectivity index (χ0v) is 11.6. The predicted molar refractivity (Wildman–Crippen MR) is 74.9 cm³/mol. The number of aliphatic hydroxyl groups excluding tert-OH is 1. The summed E-state index contributed by atoms with van der Waals surface area (Å²) in [6, 6.07) is 7.90. The smallest absolute Gasteiger partial charge is 0.248 e. The van der Waals surface area contributed by atoms with Gasteiger partial charge in [0.1, 0.15) is 6.10 Å². The number of amides is 2. The van der Waals surface area contributed by atoms with Gasteiger partial charge in [0.25, 0.3) is 0 Å². The molecule has 1 aliphatic rings. The van der Waals surface area contributed by atoms with Gasteiger partial charge in [0.15, 0.2) is 0 Å². The van der Waals surface area contributed by atoms with E-state index in [-0.39, 0.29) is 12.5 Å². The molecular formula is C15H20N2O3. The monoisotopic (exact) mass is 276 g/mol. The first kappa shape index (κ1) is 14.5. The number of aliphatic hydroxyl groups is 1. The largest absolute Gasteiger partial charge is 0.381 e. The van der Waals surface area contributed by atoms with Gasteiger partial charge in [0.2, 0.25) is 11.8 Å². The minimum atomic E-state index is -1.34. The minimum absolute atomic E-state index is 0.137. The molecule has 0 aliphatic heterocycles. The average Bonchev–Trinajstić information content (AvgIpc) is 2.34. The van der Waals surface area contributed by atoms with E-state index in [1.807, 2.05) is 31.2 Å². The Balaban J connectivity index is 2.11. The number of rotatable bonds is 5. The molecule has 2 rings (SSSR count). The van der Waals surface area contributed by atoms with Crippen LogP contribution in [0.25, 0.3) is 0 Å². The Morgan fingerprint density at radius 3 is 2.65 bits per heavy atom. The van der Waals surface area contributed by atoms with Crippen LogP contribution in [0.1, 0.15) is 30.4 Å². The Labute approximate surface area is 118 Å². The summed E-state index contributed by atoms with van der Waals surface area (Å²) in [5.41, 5.74) is 6.55. The summed E-state index contributed by atoms with van der Waals surface area (Å²) in [5, 5.41) is 12.0. The van der Waals surface area contributed by atoms with Gasteiger partial charge in [-0.3, -0.25) is 9.59 Å². The summed E-state index contributed by atoms with van der Waals surface area (Å²) in [6.07, 6.45) is 1.23. The molecule has 4 N–H and O–H groups in total. The van der Waals surface area contributed by atoms with Gasteiger partial charge < -0.3 is 16.2 Å². The standard InChI is InChI=1S/C15H20N2O3/c1-10-4-2-5-11(8-10)15(6-3-7-15)14(20)17-9-12(18)13(16)19/h2,4-5,8,12,18H,3,6-7,9H2,1H3,(H2,16,19)(H,17,20). The SMILES string of the molecule is Cc1cccc(C2(C(=O)NCC(O)C(N)=O)CCC2)c1. The van der Waals surface area contributed by atoms with Crippen LogP contribution in [0, 0.1) is 6.92 Å². The highest BCUT2D eigenvalue weighted by Gasteiger charge is 2.45. The van der Waals surface area contributed by atoms with E-state index >= 15 is 0 Å². The normalized spacial score (nSPS) is 17.9. The van der Waals surface area contributed by atoms with Crippen LogP contribution in [0.3, 0.4) is 0 Å². The van der Waals surface area contributed by atoms with Crippen molar-refractivity contribution in [3.8, 4) is 0 Å². The number of nitrogens with two attached hydrogens (primary N) is 1. The molecule has 108 valence electrons. The van der Waals surface area contributed by atoms with Crippen LogP contribution < -0.4 is 11.1 Å². The highest BCUT2D eigenvalue weighted by Crippen LogP contribution is 2.44. The lowest BCUT2D eigenvalue weighted by Gasteiger charge is -2.41. The molecule has 0 bridgehead atoms. The molecular weight excluding hydrogens is 256 g/mol. The number of hydrogen-bond acceptors (Lipinski definition) is 3. The van der Waals surface area contributed by atoms with Crippen molar-refractivity contribution in [1.29, 1.82) is 0 Å². The van der Waals surface area contributed by atoms with Crippen LogP contribution >= 0.6 is 0 Å². The molecule has 0 aromatic heterocycles. The second-order valence-electron chi connectivity index (χ2n) is 5.43. The van der Waals surface area contributed by atoms with Crippen molar-refractivity contribution < 1.29 is 14.7 Å². The Kier molecular flexibility index (Phi) is 4.09. The van der Waals surface area contributed by atoms with E-state index in [9.17, 15) is 14.7 Å². The van der Waals surface area contributed by atoms with Crippen molar-refractivity contribution in [2.75, 3.05) is 6.54 Å². The molecule has 0 heterocycles. The van der Waals surface area contributed by atoms with Gasteiger partial charge >= 0.3 is 0 Å². The van der Waals surface area contributed by atoms with Crippen LogP contribution in [0.5, 0.6) is 0 Å². The highest BCUT2D eigenvalue weighted by molar-refractivity contribution is 5.90. The van der Waals surface area contributed by atoms with Gasteiger partial charge in [-0.2, -0.15) is 0 Å². The van der Waals surface area contributed by atoms with E-state index in [1.54, 1.807) is 0 Å². The topological polar surface area (TPSA) is 92.4 Å². The lowest BCUT2D eigenvalue weighted by atomic mass is 9.63. The Morgan fingerprint density at radius 1 is 1.45 bits per heavy atom. The number of carbonyl (C=O) groups excluding carboxylic acids is 2. The van der Waals surface area contributed by atoms with Gasteiger partial charge in [-0.15, -0.1) is 0 Å². The second-order valence-corrected chi connectivity index (χ2v) is 5.43. The molecule has 1 atom stereocenters. The fourth-order valence-electron chi connectivity index (χ4n) is 2.58. The maximum absolute atomic E-state index is 12.4. The first-order chi connectivity index (χ1) is 9.45. The van der Waals surface area contributed by atoms with E-state index in [0.717, 1.165) is 30.4 Å². The summed E-state index contributed by atoms with van der Waals surface area (Å²) < 4.78 is 0. The Bertz CT molecular complexity index is 524. The average molecular weight is 276 g/mol. The first-order valence-electron chi connectivity index (χ1n) is 6.78. The zero-order valence-electron chi connectivity index (χ0n) is 11.6. The molecule has 1 aliphatic carbocycles.